The van der Waals surface area contributed by atoms with Crippen LogP contribution in [0, 0.1) is 0 Å². The molecular weight excluding hydrogens is 465 g/mol. The zero-order valence-corrected chi connectivity index (χ0v) is 18.8. The molecule has 1 aromatic rings. The van der Waals surface area contributed by atoms with E-state index in [4.69, 9.17) is 16.7 Å². The van der Waals surface area contributed by atoms with Gasteiger partial charge in [0.1, 0.15) is 23.9 Å². The van der Waals surface area contributed by atoms with Crippen LogP contribution in [0.1, 0.15) is 44.1 Å². The molecule has 3 rings (SSSR count). The highest BCUT2D eigenvalue weighted by Gasteiger charge is 2.37. The number of aliphatic hydroxyl groups is 1. The molecule has 4 N–H and O–H groups in total. The van der Waals surface area contributed by atoms with E-state index in [1.165, 1.54) is 4.90 Å². The third-order valence-electron chi connectivity index (χ3n) is 5.89. The molecule has 3 atom stereocenters. The number of rotatable bonds is 7. The molecule has 1 aliphatic heterocycles. The summed E-state index contributed by atoms with van der Waals surface area (Å²) < 4.78 is 40.9. The lowest BCUT2D eigenvalue weighted by Crippen LogP contribution is -2.49. The molecule has 1 aliphatic carbocycles. The van der Waals surface area contributed by atoms with Gasteiger partial charge in [-0.1, -0.05) is 12.8 Å². The van der Waals surface area contributed by atoms with Crippen molar-refractivity contribution in [2.75, 3.05) is 36.2 Å². The van der Waals surface area contributed by atoms with Crippen molar-refractivity contribution < 1.29 is 27.9 Å². The Hall–Kier alpha value is -2.34. The van der Waals surface area contributed by atoms with E-state index in [-0.39, 0.29) is 35.6 Å². The maximum Gasteiger partial charge on any atom is 0.421 e. The number of anilines is 2. The molecule has 2 fully saturated rings. The predicted octanol–water partition coefficient (Wildman–Crippen LogP) is 1.97. The Morgan fingerprint density at radius 2 is 1.88 bits per heavy atom. The molecule has 184 valence electrons. The summed E-state index contributed by atoms with van der Waals surface area (Å²) in [5.41, 5.74) is -0.998. The molecule has 0 bridgehead atoms. The van der Waals surface area contributed by atoms with E-state index in [1.807, 2.05) is 0 Å². The van der Waals surface area contributed by atoms with Gasteiger partial charge in [-0.25, -0.2) is 4.98 Å². The highest BCUT2D eigenvalue weighted by molar-refractivity contribution is 6.27. The first-order valence-corrected chi connectivity index (χ1v) is 11.5. The summed E-state index contributed by atoms with van der Waals surface area (Å²) in [7, 11) is 0. The Balaban J connectivity index is 1.78. The number of aliphatic hydroxyl groups excluding tert-OH is 1. The number of carbonyl (C=O) groups is 2. The summed E-state index contributed by atoms with van der Waals surface area (Å²) >= 11 is 5.57. The summed E-state index contributed by atoms with van der Waals surface area (Å²) in [6, 6.07) is -1.07. The topological polar surface area (TPSA) is 119 Å². The van der Waals surface area contributed by atoms with Gasteiger partial charge in [0.25, 0.3) is 0 Å². The van der Waals surface area contributed by atoms with Crippen LogP contribution in [0.25, 0.3) is 0 Å². The molecule has 2 aliphatic rings. The van der Waals surface area contributed by atoms with Crippen molar-refractivity contribution in [3.05, 3.63) is 11.8 Å². The lowest BCUT2D eigenvalue weighted by Gasteiger charge is -2.34. The first kappa shape index (κ1) is 25.3. The summed E-state index contributed by atoms with van der Waals surface area (Å²) in [6.45, 7) is 0.206. The highest BCUT2D eigenvalue weighted by Crippen LogP contribution is 2.35. The molecule has 33 heavy (non-hydrogen) atoms. The fraction of sp³-hybridized carbons (Fsp3) is 0.700. The van der Waals surface area contributed by atoms with Crippen molar-refractivity contribution in [3.63, 3.8) is 0 Å². The van der Waals surface area contributed by atoms with Crippen LogP contribution in [0.3, 0.4) is 0 Å². The maximum atomic E-state index is 13.6. The number of hydrogen-bond donors (Lipinski definition) is 4. The number of likely N-dealkylation sites (tertiary alicyclic amines) is 1. The maximum absolute atomic E-state index is 13.6. The summed E-state index contributed by atoms with van der Waals surface area (Å²) in [5, 5.41) is 17.7. The van der Waals surface area contributed by atoms with Gasteiger partial charge >= 0.3 is 6.18 Å². The SMILES string of the molecule is O=C(CCl)N[C@@H]1CCCC[C@H]1Nc1nc(N[C@H]2CCCN(C(=O)CO)C2)ncc1C(F)(F)F. The molecule has 2 heterocycles. The van der Waals surface area contributed by atoms with Crippen LogP contribution in [0.4, 0.5) is 24.9 Å². The number of carbonyl (C=O) groups excluding carboxylic acids is 2. The van der Waals surface area contributed by atoms with Crippen LogP contribution in [0.15, 0.2) is 6.20 Å². The van der Waals surface area contributed by atoms with Crippen molar-refractivity contribution in [1.29, 1.82) is 0 Å². The summed E-state index contributed by atoms with van der Waals surface area (Å²) in [5.74, 6) is -1.37. The van der Waals surface area contributed by atoms with Crippen LogP contribution in [-0.2, 0) is 15.8 Å². The Morgan fingerprint density at radius 1 is 1.15 bits per heavy atom. The largest absolute Gasteiger partial charge is 0.421 e. The third kappa shape index (κ3) is 6.83. The zero-order chi connectivity index (χ0) is 24.0. The second-order valence-electron chi connectivity index (χ2n) is 8.28. The van der Waals surface area contributed by atoms with Gasteiger partial charge in [0.05, 0.1) is 0 Å². The minimum absolute atomic E-state index is 0.00551. The highest BCUT2D eigenvalue weighted by atomic mass is 35.5. The third-order valence-corrected chi connectivity index (χ3v) is 6.14. The van der Waals surface area contributed by atoms with Gasteiger partial charge in [0.2, 0.25) is 17.8 Å². The van der Waals surface area contributed by atoms with E-state index < -0.39 is 30.3 Å². The molecule has 9 nitrogen and oxygen atoms in total. The quantitative estimate of drug-likeness (QED) is 0.430. The second kappa shape index (κ2) is 11.2. The van der Waals surface area contributed by atoms with E-state index in [1.54, 1.807) is 0 Å². The minimum atomic E-state index is -4.67. The number of nitrogens with zero attached hydrogens (tertiary/aromatic N) is 3. The van der Waals surface area contributed by atoms with Gasteiger partial charge in [-0.15, -0.1) is 11.6 Å². The molecular formula is C20H28ClF3N6O3. The predicted molar refractivity (Wildman–Crippen MR) is 116 cm³/mol. The van der Waals surface area contributed by atoms with Crippen LogP contribution >= 0.6 is 11.6 Å². The molecule has 1 aromatic heterocycles. The smallest absolute Gasteiger partial charge is 0.387 e. The molecule has 0 unspecified atom stereocenters. The molecule has 1 saturated heterocycles. The number of hydrogen-bond acceptors (Lipinski definition) is 7. The number of piperidine rings is 1. The number of halogens is 4. The van der Waals surface area contributed by atoms with Crippen LogP contribution in [0.2, 0.25) is 0 Å². The number of alkyl halides is 4. The number of amides is 2. The molecule has 0 aromatic carbocycles. The lowest BCUT2D eigenvalue weighted by atomic mass is 9.90. The van der Waals surface area contributed by atoms with Gasteiger partial charge in [-0.2, -0.15) is 18.2 Å². The Morgan fingerprint density at radius 3 is 2.55 bits per heavy atom. The van der Waals surface area contributed by atoms with E-state index in [2.05, 4.69) is 25.9 Å². The molecule has 2 amide bonds. The fourth-order valence-electron chi connectivity index (χ4n) is 4.27. The average molecular weight is 493 g/mol. The molecule has 13 heteroatoms. The van der Waals surface area contributed by atoms with Gasteiger partial charge in [0, 0.05) is 37.4 Å². The van der Waals surface area contributed by atoms with Crippen molar-refractivity contribution in [2.24, 2.45) is 0 Å². The number of nitrogens with one attached hydrogen (secondary N) is 3. The normalized spacial score (nSPS) is 23.7. The number of aromatic nitrogens is 2. The van der Waals surface area contributed by atoms with E-state index >= 15 is 0 Å². The standard InChI is InChI=1S/C20H28ClF3N6O3/c21-8-16(32)27-14-5-1-2-6-15(14)28-18-13(20(22,23)24)9-25-19(29-18)26-12-4-3-7-30(10-12)17(33)11-31/h9,12,14-15,31H,1-8,10-11H2,(H,27,32)(H2,25,26,28,29)/t12-,14+,15+/m0/s1. The van der Waals surface area contributed by atoms with E-state index in [9.17, 15) is 22.8 Å². The summed E-state index contributed by atoms with van der Waals surface area (Å²) in [4.78, 5) is 33.0. The van der Waals surface area contributed by atoms with Crippen LogP contribution in [-0.4, -0.2) is 75.5 Å². The second-order valence-corrected chi connectivity index (χ2v) is 8.55. The zero-order valence-electron chi connectivity index (χ0n) is 18.0. The van der Waals surface area contributed by atoms with Crippen molar-refractivity contribution in [2.45, 2.75) is 62.8 Å². The van der Waals surface area contributed by atoms with Gasteiger partial charge in [-0.3, -0.25) is 9.59 Å². The van der Waals surface area contributed by atoms with E-state index in [0.717, 1.165) is 19.0 Å². The van der Waals surface area contributed by atoms with Gasteiger partial charge in [-0.05, 0) is 25.7 Å². The minimum Gasteiger partial charge on any atom is -0.387 e. The first-order chi connectivity index (χ1) is 15.7. The molecule has 1 saturated carbocycles. The van der Waals surface area contributed by atoms with Gasteiger partial charge in [0.15, 0.2) is 0 Å². The molecule has 0 radical (unpaired) electrons. The average Bonchev–Trinajstić information content (AvgIpc) is 2.79. The summed E-state index contributed by atoms with van der Waals surface area (Å²) in [6.07, 6.45) is 0.257. The lowest BCUT2D eigenvalue weighted by molar-refractivity contribution is -0.137. The molecule has 0 spiro atoms. The van der Waals surface area contributed by atoms with Crippen LogP contribution in [0.5, 0.6) is 0 Å². The van der Waals surface area contributed by atoms with E-state index in [0.29, 0.717) is 38.8 Å². The van der Waals surface area contributed by atoms with Crippen molar-refractivity contribution in [1.82, 2.24) is 20.2 Å². The Kier molecular flexibility index (Phi) is 8.57. The monoisotopic (exact) mass is 492 g/mol. The van der Waals surface area contributed by atoms with Crippen LogP contribution < -0.4 is 16.0 Å². The fourth-order valence-corrected chi connectivity index (χ4v) is 4.35. The first-order valence-electron chi connectivity index (χ1n) is 10.9. The Bertz CT molecular complexity index is 844. The van der Waals surface area contributed by atoms with Crippen molar-refractivity contribution in [3.8, 4) is 0 Å². The Labute approximate surface area is 194 Å². The van der Waals surface area contributed by atoms with Crippen molar-refractivity contribution >= 4 is 35.2 Å². The van der Waals surface area contributed by atoms with Gasteiger partial charge < -0.3 is 26.0 Å².